The van der Waals surface area contributed by atoms with Crippen LogP contribution in [0.25, 0.3) is 5.32 Å². The molecule has 0 N–H and O–H groups in total. The molecule has 1 rings (SSSR count). The van der Waals surface area contributed by atoms with Gasteiger partial charge in [0, 0.05) is 85.4 Å². The maximum Gasteiger partial charge on any atom is 0.0728 e. The van der Waals surface area contributed by atoms with Crippen molar-refractivity contribution in [1.29, 1.82) is 0 Å². The molecular weight excluding hydrogens is 458 g/mol. The van der Waals surface area contributed by atoms with Gasteiger partial charge in [0.2, 0.25) is 0 Å². The third-order valence-electron chi connectivity index (χ3n) is 0.754. The van der Waals surface area contributed by atoms with Crippen molar-refractivity contribution in [2.45, 2.75) is 6.04 Å². The SMILES string of the molecule is [Ac].[CH2-][C@@H]1C=CC(=O)[N-]1.[Pr]. The minimum absolute atomic E-state index is 0. The summed E-state index contributed by atoms with van der Waals surface area (Å²) in [7, 11) is 0. The zero-order valence-electron chi connectivity index (χ0n) is 4.95. The average Bonchev–Trinajstić information content (AvgIpc) is 1.87. The van der Waals surface area contributed by atoms with E-state index in [0.717, 1.165) is 0 Å². The van der Waals surface area contributed by atoms with Gasteiger partial charge in [-0.1, -0.05) is 0 Å². The molecule has 1 aliphatic heterocycles. The van der Waals surface area contributed by atoms with Crippen molar-refractivity contribution < 1.29 is 90.1 Å². The number of amides is 1. The van der Waals surface area contributed by atoms with Crippen LogP contribution in [0, 0.1) is 92.3 Å². The van der Waals surface area contributed by atoms with E-state index in [-0.39, 0.29) is 97.3 Å². The van der Waals surface area contributed by atoms with Gasteiger partial charge < -0.3 is 17.0 Å². The van der Waals surface area contributed by atoms with Crippen LogP contribution in [-0.4, -0.2) is 11.9 Å². The van der Waals surface area contributed by atoms with Crippen molar-refractivity contribution in [3.8, 4) is 0 Å². The van der Waals surface area contributed by atoms with E-state index in [1.54, 1.807) is 6.08 Å². The van der Waals surface area contributed by atoms with Crippen molar-refractivity contribution in [2.75, 3.05) is 0 Å². The summed E-state index contributed by atoms with van der Waals surface area (Å²) in [4.78, 5) is 10.2. The van der Waals surface area contributed by atoms with Crippen LogP contribution in [0.4, 0.5) is 0 Å². The molecule has 0 spiro atoms. The summed E-state index contributed by atoms with van der Waals surface area (Å²) < 4.78 is 0. The van der Waals surface area contributed by atoms with Crippen molar-refractivity contribution >= 4 is 5.91 Å². The topological polar surface area (TPSA) is 31.2 Å². The van der Waals surface area contributed by atoms with Gasteiger partial charge in [0.1, 0.15) is 0 Å². The van der Waals surface area contributed by atoms with Crippen molar-refractivity contribution in [3.63, 3.8) is 0 Å². The second-order valence-electron chi connectivity index (χ2n) is 1.39. The molecule has 9 heavy (non-hydrogen) atoms. The number of rotatable bonds is 0. The molecule has 0 saturated heterocycles. The maximum absolute atomic E-state index is 10.2. The predicted octanol–water partition coefficient (Wildman–Crippen LogP) is 0.659. The van der Waals surface area contributed by atoms with Gasteiger partial charge in [-0.05, 0) is 6.08 Å². The molecule has 0 saturated carbocycles. The Bertz CT molecular complexity index is 126. The first kappa shape index (κ1) is 13.6. The number of carbonyl (C=O) groups excluding carboxylic acids is 1. The average molecular weight is 463 g/mol. The Morgan fingerprint density at radius 1 is 1.67 bits per heavy atom. The van der Waals surface area contributed by atoms with Gasteiger partial charge in [-0.3, -0.25) is 0 Å². The smallest absolute Gasteiger partial charge is 0.0728 e. The zero-order valence-corrected chi connectivity index (χ0v) is 13.4. The molecule has 0 bridgehead atoms. The number of nitrogens with zero attached hydrogens (tertiary/aromatic N) is 1. The standard InChI is InChI=1S/C5H6NO.Ac.Pr/c1-4-2-3-5(7)6-4;;/h2-4H,1H2,(H,6,7);;/q-1;;/p-1/t4-;;/m1../s1. The second-order valence-corrected chi connectivity index (χ2v) is 1.39. The molecule has 0 aromatic heterocycles. The quantitative estimate of drug-likeness (QED) is 0.487. The first-order valence-electron chi connectivity index (χ1n) is 2.05. The Kier molecular flexibility index (Phi) is 10.1. The Balaban J connectivity index is 0. The molecule has 0 aromatic carbocycles. The minimum atomic E-state index is -0.167. The summed E-state index contributed by atoms with van der Waals surface area (Å²) >= 11 is 0. The Hall–Kier alpha value is 2.02. The Labute approximate surface area is 124 Å². The van der Waals surface area contributed by atoms with Crippen LogP contribution >= 0.6 is 0 Å². The van der Waals surface area contributed by atoms with Gasteiger partial charge in [-0.2, -0.15) is 0 Å². The van der Waals surface area contributed by atoms with E-state index in [1.165, 1.54) is 6.08 Å². The molecule has 1 heterocycles. The van der Waals surface area contributed by atoms with Gasteiger partial charge in [-0.15, -0.1) is 6.08 Å². The van der Waals surface area contributed by atoms with Crippen LogP contribution in [0.5, 0.6) is 0 Å². The van der Waals surface area contributed by atoms with E-state index < -0.39 is 0 Å². The molecule has 1 atom stereocenters. The van der Waals surface area contributed by atoms with E-state index in [1.807, 2.05) is 0 Å². The second kappa shape index (κ2) is 6.71. The summed E-state index contributed by atoms with van der Waals surface area (Å²) in [5, 5.41) is 3.53. The van der Waals surface area contributed by atoms with Gasteiger partial charge in [0.05, 0.1) is 5.91 Å². The minimum Gasteiger partial charge on any atom is -0.669 e. The van der Waals surface area contributed by atoms with E-state index in [2.05, 4.69) is 12.2 Å². The Morgan fingerprint density at radius 2 is 2.22 bits per heavy atom. The van der Waals surface area contributed by atoms with Gasteiger partial charge >= 0.3 is 0 Å². The molecular formula is C5H5AcNOPr-2. The van der Waals surface area contributed by atoms with E-state index in [0.29, 0.717) is 0 Å². The fourth-order valence-electron chi connectivity index (χ4n) is 0.443. The maximum atomic E-state index is 10.2. The Morgan fingerprint density at radius 3 is 2.33 bits per heavy atom. The molecule has 44 valence electrons. The molecule has 1 amide bonds. The van der Waals surface area contributed by atoms with Crippen LogP contribution in [-0.2, 0) is 4.79 Å². The summed E-state index contributed by atoms with van der Waals surface area (Å²) in [6, 6.07) is -0.132. The molecule has 4 heteroatoms. The molecule has 2 nitrogen and oxygen atoms in total. The van der Waals surface area contributed by atoms with Crippen LogP contribution in [0.15, 0.2) is 12.2 Å². The van der Waals surface area contributed by atoms with E-state index in [9.17, 15) is 4.79 Å². The van der Waals surface area contributed by atoms with Gasteiger partial charge in [0.15, 0.2) is 0 Å². The summed E-state index contributed by atoms with van der Waals surface area (Å²) in [5.74, 6) is -0.167. The molecule has 0 unspecified atom stereocenters. The first-order valence-corrected chi connectivity index (χ1v) is 2.05. The molecule has 2 radical (unpaired) electrons. The number of hydrogen-bond acceptors (Lipinski definition) is 1. The monoisotopic (exact) mass is 463 g/mol. The molecule has 0 aromatic rings. The van der Waals surface area contributed by atoms with Crippen LogP contribution in [0.3, 0.4) is 0 Å². The van der Waals surface area contributed by atoms with Crippen molar-refractivity contribution in [2.24, 2.45) is 0 Å². The van der Waals surface area contributed by atoms with Crippen LogP contribution in [0.1, 0.15) is 0 Å². The van der Waals surface area contributed by atoms with Crippen molar-refractivity contribution in [1.82, 2.24) is 0 Å². The fourth-order valence-corrected chi connectivity index (χ4v) is 0.443. The van der Waals surface area contributed by atoms with Gasteiger partial charge in [0.25, 0.3) is 0 Å². The predicted molar refractivity (Wildman–Crippen MR) is 26.7 cm³/mol. The fraction of sp³-hybridized carbons (Fsp3) is 0.200. The third kappa shape index (κ3) is 5.30. The van der Waals surface area contributed by atoms with Crippen molar-refractivity contribution in [3.05, 3.63) is 24.4 Å². The normalized spacial score (nSPS) is 21.9. The molecule has 0 aliphatic carbocycles. The van der Waals surface area contributed by atoms with Crippen LogP contribution in [0.2, 0.25) is 0 Å². The summed E-state index contributed by atoms with van der Waals surface area (Å²) in [5.41, 5.74) is 0. The molecule has 0 fully saturated rings. The summed E-state index contributed by atoms with van der Waals surface area (Å²) in [6.07, 6.45) is 3.10. The third-order valence-corrected chi connectivity index (χ3v) is 0.754. The first-order chi connectivity index (χ1) is 3.29. The van der Waals surface area contributed by atoms with Gasteiger partial charge in [-0.25, -0.2) is 6.04 Å². The number of hydrogen-bond donors (Lipinski definition) is 0. The van der Waals surface area contributed by atoms with Crippen LogP contribution < -0.4 is 0 Å². The van der Waals surface area contributed by atoms with E-state index >= 15 is 0 Å². The summed E-state index contributed by atoms with van der Waals surface area (Å²) in [6.45, 7) is 3.51. The number of carbonyl (C=O) groups is 1. The molecule has 1 aliphatic rings. The largest absolute Gasteiger partial charge is 0.669 e. The zero-order chi connectivity index (χ0) is 5.28. The van der Waals surface area contributed by atoms with E-state index in [4.69, 9.17) is 0 Å².